The largest absolute Gasteiger partial charge is 0.373 e. The molecule has 0 aliphatic carbocycles. The summed E-state index contributed by atoms with van der Waals surface area (Å²) < 4.78 is 5.51. The van der Waals surface area contributed by atoms with E-state index in [-0.39, 0.29) is 0 Å². The molecule has 0 fully saturated rings. The fourth-order valence-corrected chi connectivity index (χ4v) is 2.23. The maximum atomic E-state index is 9.52. The predicted molar refractivity (Wildman–Crippen MR) is 70.0 cm³/mol. The number of nitrogens with zero attached hydrogens (tertiary/aromatic N) is 4. The van der Waals surface area contributed by atoms with E-state index in [0.717, 1.165) is 11.1 Å². The molecule has 1 aromatic carbocycles. The third-order valence-electron chi connectivity index (χ3n) is 3.17. The maximum absolute atomic E-state index is 9.52. The summed E-state index contributed by atoms with van der Waals surface area (Å²) in [5, 5.41) is 16.2. The van der Waals surface area contributed by atoms with Gasteiger partial charge in [0, 0.05) is 11.5 Å². The summed E-state index contributed by atoms with van der Waals surface area (Å²) in [5.41, 5.74) is 9.43. The lowest BCUT2D eigenvalue weighted by Gasteiger charge is -2.34. The highest BCUT2D eigenvalue weighted by Gasteiger charge is 2.36. The van der Waals surface area contributed by atoms with E-state index in [4.69, 9.17) is 10.3 Å². The second kappa shape index (κ2) is 6.21. The van der Waals surface area contributed by atoms with Gasteiger partial charge in [-0.25, -0.2) is 0 Å². The van der Waals surface area contributed by atoms with Crippen molar-refractivity contribution in [3.8, 4) is 6.07 Å². The van der Waals surface area contributed by atoms with E-state index in [9.17, 15) is 5.26 Å². The van der Waals surface area contributed by atoms with Crippen LogP contribution < -0.4 is 5.32 Å². The summed E-state index contributed by atoms with van der Waals surface area (Å²) in [5.74, 6) is 0. The lowest BCUT2D eigenvalue weighted by molar-refractivity contribution is 0.0583. The Kier molecular flexibility index (Phi) is 4.37. The van der Waals surface area contributed by atoms with Crippen LogP contribution in [0.25, 0.3) is 10.4 Å². The molecule has 1 unspecified atom stereocenters. The fraction of sp³-hybridized carbons (Fsp3) is 0.462. The molecule has 6 nitrogen and oxygen atoms in total. The molecule has 2 rings (SSSR count). The van der Waals surface area contributed by atoms with Gasteiger partial charge in [0.05, 0.1) is 19.3 Å². The highest BCUT2D eigenvalue weighted by Crippen LogP contribution is 2.29. The number of rotatable bonds is 5. The van der Waals surface area contributed by atoms with Crippen molar-refractivity contribution >= 4 is 0 Å². The van der Waals surface area contributed by atoms with Gasteiger partial charge in [0.15, 0.2) is 5.54 Å². The van der Waals surface area contributed by atoms with Gasteiger partial charge in [0.25, 0.3) is 0 Å². The van der Waals surface area contributed by atoms with Crippen LogP contribution in [0.5, 0.6) is 0 Å². The molecule has 1 aliphatic rings. The zero-order chi connectivity index (χ0) is 13.6. The molecule has 0 radical (unpaired) electrons. The highest BCUT2D eigenvalue weighted by atomic mass is 16.5. The average molecular weight is 257 g/mol. The van der Waals surface area contributed by atoms with Crippen molar-refractivity contribution in [2.75, 3.05) is 19.7 Å². The number of hydrogen-bond donors (Lipinski definition) is 1. The van der Waals surface area contributed by atoms with Crippen LogP contribution in [0.15, 0.2) is 29.4 Å². The fourth-order valence-electron chi connectivity index (χ4n) is 2.23. The second-order valence-electron chi connectivity index (χ2n) is 4.40. The van der Waals surface area contributed by atoms with Crippen LogP contribution in [0.4, 0.5) is 0 Å². The second-order valence-corrected chi connectivity index (χ2v) is 4.40. The van der Waals surface area contributed by atoms with E-state index in [1.54, 1.807) is 0 Å². The van der Waals surface area contributed by atoms with Crippen molar-refractivity contribution in [3.05, 3.63) is 45.8 Å². The monoisotopic (exact) mass is 257 g/mol. The molecule has 6 heteroatoms. The minimum atomic E-state index is -0.800. The SMILES string of the molecule is N#CC1(NCCCN=[N+]=[N-])COCc2ccccc21. The normalized spacial score (nSPS) is 21.0. The number of hydrogen-bond acceptors (Lipinski definition) is 4. The van der Waals surface area contributed by atoms with Crippen molar-refractivity contribution in [2.45, 2.75) is 18.6 Å². The molecule has 98 valence electrons. The van der Waals surface area contributed by atoms with E-state index >= 15 is 0 Å². The smallest absolute Gasteiger partial charge is 0.156 e. The zero-order valence-corrected chi connectivity index (χ0v) is 10.5. The molecule has 0 saturated heterocycles. The topological polar surface area (TPSA) is 93.8 Å². The molecule has 1 aromatic rings. The Hall–Kier alpha value is -2.06. The zero-order valence-electron chi connectivity index (χ0n) is 10.5. The van der Waals surface area contributed by atoms with Crippen molar-refractivity contribution in [3.63, 3.8) is 0 Å². The standard InChI is InChI=1S/C13H15N5O/c14-9-13(16-6-3-7-17-18-15)10-19-8-11-4-1-2-5-12(11)13/h1-2,4-5,16H,3,6-8,10H2. The molecular formula is C13H15N5O. The Morgan fingerprint density at radius 3 is 3.16 bits per heavy atom. The Labute approximate surface area is 111 Å². The van der Waals surface area contributed by atoms with Crippen LogP contribution in [0.2, 0.25) is 0 Å². The van der Waals surface area contributed by atoms with E-state index in [1.165, 1.54) is 0 Å². The van der Waals surface area contributed by atoms with Crippen molar-refractivity contribution in [1.82, 2.24) is 5.32 Å². The highest BCUT2D eigenvalue weighted by molar-refractivity contribution is 5.40. The van der Waals surface area contributed by atoms with Gasteiger partial charge < -0.3 is 4.74 Å². The third-order valence-corrected chi connectivity index (χ3v) is 3.17. The number of nitriles is 1. The van der Waals surface area contributed by atoms with Gasteiger partial charge in [-0.3, -0.25) is 5.32 Å². The average Bonchev–Trinajstić information content (AvgIpc) is 2.47. The lowest BCUT2D eigenvalue weighted by Crippen LogP contribution is -2.48. The van der Waals surface area contributed by atoms with Crippen molar-refractivity contribution < 1.29 is 4.74 Å². The van der Waals surface area contributed by atoms with Crippen LogP contribution in [0.3, 0.4) is 0 Å². The number of ether oxygens (including phenoxy) is 1. The summed E-state index contributed by atoms with van der Waals surface area (Å²) >= 11 is 0. The van der Waals surface area contributed by atoms with Crippen molar-refractivity contribution in [2.24, 2.45) is 5.11 Å². The van der Waals surface area contributed by atoms with E-state index in [0.29, 0.717) is 32.7 Å². The molecule has 1 atom stereocenters. The van der Waals surface area contributed by atoms with Crippen LogP contribution in [-0.4, -0.2) is 19.7 Å². The van der Waals surface area contributed by atoms with Gasteiger partial charge in [-0.2, -0.15) is 5.26 Å². The molecular weight excluding hydrogens is 242 g/mol. The number of fused-ring (bicyclic) bond motifs is 1. The van der Waals surface area contributed by atoms with E-state index < -0.39 is 5.54 Å². The van der Waals surface area contributed by atoms with E-state index in [2.05, 4.69) is 21.4 Å². The van der Waals surface area contributed by atoms with Gasteiger partial charge in [-0.15, -0.1) is 0 Å². The van der Waals surface area contributed by atoms with Gasteiger partial charge in [-0.05, 0) is 29.6 Å². The summed E-state index contributed by atoms with van der Waals surface area (Å²) in [4.78, 5) is 2.70. The van der Waals surface area contributed by atoms with Crippen LogP contribution in [0.1, 0.15) is 17.5 Å². The molecule has 0 amide bonds. The molecule has 1 N–H and O–H groups in total. The lowest BCUT2D eigenvalue weighted by atomic mass is 9.86. The minimum absolute atomic E-state index is 0.335. The Bertz CT molecular complexity index is 532. The number of nitrogens with one attached hydrogen (secondary N) is 1. The Morgan fingerprint density at radius 1 is 1.53 bits per heavy atom. The molecule has 0 bridgehead atoms. The Morgan fingerprint density at radius 2 is 2.37 bits per heavy atom. The first kappa shape index (κ1) is 13.4. The quantitative estimate of drug-likeness (QED) is 0.379. The summed E-state index contributed by atoms with van der Waals surface area (Å²) in [6.45, 7) is 1.90. The summed E-state index contributed by atoms with van der Waals surface area (Å²) in [6, 6.07) is 10.1. The molecule has 0 saturated carbocycles. The number of azide groups is 1. The molecule has 1 heterocycles. The van der Waals surface area contributed by atoms with Gasteiger partial charge in [-0.1, -0.05) is 29.4 Å². The minimum Gasteiger partial charge on any atom is -0.373 e. The number of benzene rings is 1. The molecule has 19 heavy (non-hydrogen) atoms. The summed E-state index contributed by atoms with van der Waals surface area (Å²) in [6.07, 6.45) is 0.690. The Balaban J connectivity index is 2.11. The molecule has 1 aliphatic heterocycles. The van der Waals surface area contributed by atoms with Gasteiger partial charge in [0.1, 0.15) is 0 Å². The molecule has 0 spiro atoms. The van der Waals surface area contributed by atoms with E-state index in [1.807, 2.05) is 24.3 Å². The molecule has 0 aromatic heterocycles. The first-order valence-electron chi connectivity index (χ1n) is 6.16. The van der Waals surface area contributed by atoms with Gasteiger partial charge in [0.2, 0.25) is 0 Å². The summed E-state index contributed by atoms with van der Waals surface area (Å²) in [7, 11) is 0. The third kappa shape index (κ3) is 2.85. The van der Waals surface area contributed by atoms with Crippen molar-refractivity contribution in [1.29, 1.82) is 5.26 Å². The predicted octanol–water partition coefficient (Wildman–Crippen LogP) is 2.23. The van der Waals surface area contributed by atoms with Gasteiger partial charge >= 0.3 is 0 Å². The first-order valence-corrected chi connectivity index (χ1v) is 6.16. The first-order chi connectivity index (χ1) is 9.32. The maximum Gasteiger partial charge on any atom is 0.156 e. The van der Waals surface area contributed by atoms with Crippen LogP contribution in [-0.2, 0) is 16.9 Å². The van der Waals surface area contributed by atoms with Crippen LogP contribution >= 0.6 is 0 Å². The van der Waals surface area contributed by atoms with Crippen LogP contribution in [0, 0.1) is 11.3 Å².